The van der Waals surface area contributed by atoms with Crippen LogP contribution in [0, 0.1) is 5.92 Å². The molecule has 2 heteroatoms. The highest BCUT2D eigenvalue weighted by Gasteiger charge is 2.14. The number of nitrogens with one attached hydrogen (secondary N) is 1. The van der Waals surface area contributed by atoms with E-state index in [1.165, 1.54) is 36.8 Å². The fraction of sp³-hybridized carbons (Fsp3) is 0.667. The maximum absolute atomic E-state index is 5.84. The number of benzene rings is 1. The predicted octanol–water partition coefficient (Wildman–Crippen LogP) is 4.28. The smallest absolute Gasteiger partial charge is 0.0717 e. The van der Waals surface area contributed by atoms with Gasteiger partial charge < -0.3 is 10.1 Å². The summed E-state index contributed by atoms with van der Waals surface area (Å²) in [5, 5.41) is 3.51. The molecule has 1 fully saturated rings. The average molecular weight is 275 g/mol. The van der Waals surface area contributed by atoms with Gasteiger partial charge in [-0.2, -0.15) is 0 Å². The molecule has 1 aromatic carbocycles. The largest absolute Gasteiger partial charge is 0.376 e. The summed E-state index contributed by atoms with van der Waals surface area (Å²) in [5.41, 5.74) is 2.78. The van der Waals surface area contributed by atoms with Crippen molar-refractivity contribution >= 4 is 0 Å². The molecule has 1 saturated carbocycles. The molecule has 0 aliphatic heterocycles. The molecule has 1 aliphatic carbocycles. The van der Waals surface area contributed by atoms with Crippen LogP contribution in [0.5, 0.6) is 0 Å². The second-order valence-corrected chi connectivity index (χ2v) is 7.09. The first kappa shape index (κ1) is 15.5. The molecule has 0 amide bonds. The molecule has 20 heavy (non-hydrogen) atoms. The Morgan fingerprint density at radius 3 is 2.25 bits per heavy atom. The maximum atomic E-state index is 5.84. The van der Waals surface area contributed by atoms with Gasteiger partial charge in [0.25, 0.3) is 0 Å². The van der Waals surface area contributed by atoms with E-state index >= 15 is 0 Å². The summed E-state index contributed by atoms with van der Waals surface area (Å²) in [6.45, 7) is 9.19. The fourth-order valence-corrected chi connectivity index (χ4v) is 2.64. The number of ether oxygens (including phenoxy) is 1. The Hall–Kier alpha value is -0.860. The Morgan fingerprint density at radius 2 is 1.65 bits per heavy atom. The van der Waals surface area contributed by atoms with E-state index in [0.29, 0.717) is 0 Å². The Labute approximate surface area is 123 Å². The van der Waals surface area contributed by atoms with Crippen LogP contribution in [0.4, 0.5) is 0 Å². The lowest BCUT2D eigenvalue weighted by atomic mass is 10.1. The minimum atomic E-state index is 0.170. The first-order chi connectivity index (χ1) is 9.53. The summed E-state index contributed by atoms with van der Waals surface area (Å²) in [6.07, 6.45) is 5.50. The highest BCUT2D eigenvalue weighted by Crippen LogP contribution is 2.25. The summed E-state index contributed by atoms with van der Waals surface area (Å²) >= 11 is 0. The van der Waals surface area contributed by atoms with E-state index in [1.807, 2.05) is 0 Å². The van der Waals surface area contributed by atoms with Gasteiger partial charge in [0.2, 0.25) is 0 Å². The molecule has 0 spiro atoms. The minimum Gasteiger partial charge on any atom is -0.376 e. The van der Waals surface area contributed by atoms with Crippen molar-refractivity contribution in [2.75, 3.05) is 6.61 Å². The van der Waals surface area contributed by atoms with E-state index in [0.717, 1.165) is 25.7 Å². The molecule has 0 saturated heterocycles. The van der Waals surface area contributed by atoms with Crippen LogP contribution in [0.1, 0.15) is 57.6 Å². The molecule has 2 rings (SSSR count). The van der Waals surface area contributed by atoms with E-state index in [2.05, 4.69) is 50.4 Å². The standard InChI is InChI=1S/C18H29NO/c1-18(2,3)19-12-15-8-10-17(11-9-15)14-20-13-16-6-4-5-7-16/h8-11,16,19H,4-7,12-14H2,1-3H3. The third-order valence-corrected chi connectivity index (χ3v) is 3.94. The van der Waals surface area contributed by atoms with Gasteiger partial charge >= 0.3 is 0 Å². The third-order valence-electron chi connectivity index (χ3n) is 3.94. The van der Waals surface area contributed by atoms with Gasteiger partial charge in [-0.15, -0.1) is 0 Å². The summed E-state index contributed by atoms with van der Waals surface area (Å²) in [4.78, 5) is 0. The van der Waals surface area contributed by atoms with Crippen molar-refractivity contribution in [3.05, 3.63) is 35.4 Å². The second-order valence-electron chi connectivity index (χ2n) is 7.09. The summed E-state index contributed by atoms with van der Waals surface area (Å²) < 4.78 is 5.84. The third kappa shape index (κ3) is 5.64. The van der Waals surface area contributed by atoms with Gasteiger partial charge in [-0.3, -0.25) is 0 Å². The van der Waals surface area contributed by atoms with Gasteiger partial charge in [-0.1, -0.05) is 37.1 Å². The molecule has 1 N–H and O–H groups in total. The molecular formula is C18H29NO. The van der Waals surface area contributed by atoms with Crippen LogP contribution < -0.4 is 5.32 Å². The zero-order chi connectivity index (χ0) is 14.4. The average Bonchev–Trinajstić information content (AvgIpc) is 2.90. The van der Waals surface area contributed by atoms with Gasteiger partial charge in [0, 0.05) is 18.7 Å². The summed E-state index contributed by atoms with van der Waals surface area (Å²) in [6, 6.07) is 8.78. The highest BCUT2D eigenvalue weighted by molar-refractivity contribution is 5.22. The molecule has 0 unspecified atom stereocenters. The summed E-state index contributed by atoms with van der Waals surface area (Å²) in [5.74, 6) is 0.810. The van der Waals surface area contributed by atoms with E-state index in [1.54, 1.807) is 0 Å². The van der Waals surface area contributed by atoms with Crippen LogP contribution in [0.3, 0.4) is 0 Å². The van der Waals surface area contributed by atoms with Gasteiger partial charge in [0.05, 0.1) is 6.61 Å². The quantitative estimate of drug-likeness (QED) is 0.836. The van der Waals surface area contributed by atoms with E-state index in [-0.39, 0.29) is 5.54 Å². The van der Waals surface area contributed by atoms with Crippen LogP contribution in [-0.2, 0) is 17.9 Å². The molecule has 0 radical (unpaired) electrons. The van der Waals surface area contributed by atoms with Crippen LogP contribution in [0.25, 0.3) is 0 Å². The Balaban J connectivity index is 1.70. The topological polar surface area (TPSA) is 21.3 Å². The van der Waals surface area contributed by atoms with Crippen LogP contribution in [-0.4, -0.2) is 12.1 Å². The van der Waals surface area contributed by atoms with Crippen molar-refractivity contribution in [2.24, 2.45) is 5.92 Å². The monoisotopic (exact) mass is 275 g/mol. The first-order valence-corrected chi connectivity index (χ1v) is 7.93. The van der Waals surface area contributed by atoms with Crippen LogP contribution in [0.15, 0.2) is 24.3 Å². The lowest BCUT2D eigenvalue weighted by molar-refractivity contribution is 0.0889. The van der Waals surface area contributed by atoms with Gasteiger partial charge in [-0.25, -0.2) is 0 Å². The van der Waals surface area contributed by atoms with Crippen molar-refractivity contribution < 1.29 is 4.74 Å². The fourth-order valence-electron chi connectivity index (χ4n) is 2.64. The Morgan fingerprint density at radius 1 is 1.05 bits per heavy atom. The zero-order valence-electron chi connectivity index (χ0n) is 13.2. The van der Waals surface area contributed by atoms with Crippen molar-refractivity contribution in [3.8, 4) is 0 Å². The SMILES string of the molecule is CC(C)(C)NCc1ccc(COCC2CCCC2)cc1. The van der Waals surface area contributed by atoms with Crippen molar-refractivity contribution in [1.82, 2.24) is 5.32 Å². The zero-order valence-corrected chi connectivity index (χ0v) is 13.2. The molecule has 1 aliphatic rings. The van der Waals surface area contributed by atoms with Crippen molar-refractivity contribution in [3.63, 3.8) is 0 Å². The van der Waals surface area contributed by atoms with Gasteiger partial charge in [-0.05, 0) is 50.7 Å². The molecule has 112 valence electrons. The van der Waals surface area contributed by atoms with Crippen LogP contribution in [0.2, 0.25) is 0 Å². The molecule has 0 aromatic heterocycles. The molecule has 0 bridgehead atoms. The van der Waals surface area contributed by atoms with Crippen molar-refractivity contribution in [2.45, 2.75) is 65.1 Å². The predicted molar refractivity (Wildman–Crippen MR) is 84.6 cm³/mol. The van der Waals surface area contributed by atoms with E-state index in [4.69, 9.17) is 4.74 Å². The van der Waals surface area contributed by atoms with E-state index in [9.17, 15) is 0 Å². The maximum Gasteiger partial charge on any atom is 0.0717 e. The second kappa shape index (κ2) is 7.24. The summed E-state index contributed by atoms with van der Waals surface area (Å²) in [7, 11) is 0. The lowest BCUT2D eigenvalue weighted by Crippen LogP contribution is -2.35. The molecule has 1 aromatic rings. The normalized spacial score (nSPS) is 16.8. The highest BCUT2D eigenvalue weighted by atomic mass is 16.5. The number of hydrogen-bond donors (Lipinski definition) is 1. The molecule has 2 nitrogen and oxygen atoms in total. The number of rotatable bonds is 6. The molecule has 0 heterocycles. The minimum absolute atomic E-state index is 0.170. The molecule has 0 atom stereocenters. The van der Waals surface area contributed by atoms with E-state index < -0.39 is 0 Å². The van der Waals surface area contributed by atoms with Crippen molar-refractivity contribution in [1.29, 1.82) is 0 Å². The van der Waals surface area contributed by atoms with Crippen LogP contribution >= 0.6 is 0 Å². The first-order valence-electron chi connectivity index (χ1n) is 7.93. The lowest BCUT2D eigenvalue weighted by Gasteiger charge is -2.20. The molecular weight excluding hydrogens is 246 g/mol. The number of hydrogen-bond acceptors (Lipinski definition) is 2. The Kier molecular flexibility index (Phi) is 5.62. The Bertz CT molecular complexity index is 385. The van der Waals surface area contributed by atoms with Gasteiger partial charge in [0.15, 0.2) is 0 Å². The van der Waals surface area contributed by atoms with Gasteiger partial charge in [0.1, 0.15) is 0 Å².